The monoisotopic (exact) mass is 168 g/mol. The minimum atomic E-state index is -0.0539. The molecule has 0 fully saturated rings. The van der Waals surface area contributed by atoms with Crippen LogP contribution in [0.4, 0.5) is 0 Å². The van der Waals surface area contributed by atoms with Crippen LogP contribution in [0.25, 0.3) is 0 Å². The lowest BCUT2D eigenvalue weighted by Gasteiger charge is -2.04. The Morgan fingerprint density at radius 1 is 1.20 bits per heavy atom. The van der Waals surface area contributed by atoms with Gasteiger partial charge in [0.1, 0.15) is 0 Å². The molecule has 2 heterocycles. The van der Waals surface area contributed by atoms with Gasteiger partial charge in [-0.3, -0.25) is 0 Å². The molecule has 0 saturated carbocycles. The van der Waals surface area contributed by atoms with Crippen LogP contribution < -0.4 is 0 Å². The number of thiophene rings is 1. The molecule has 0 radical (unpaired) electrons. The fraction of sp³-hybridized carbons (Fsp3) is 0. The highest BCUT2D eigenvalue weighted by atomic mass is 32.2. The van der Waals surface area contributed by atoms with Crippen molar-refractivity contribution in [3.63, 3.8) is 0 Å². The first-order valence-electron chi connectivity index (χ1n) is 3.12. The maximum absolute atomic E-state index is 2.28. The molecule has 0 N–H and O–H groups in total. The Bertz CT molecular complexity index is 245. The summed E-state index contributed by atoms with van der Waals surface area (Å²) < 4.78 is 0. The molecule has 1 aliphatic heterocycles. The normalized spacial score (nSPS) is 18.6. The highest BCUT2D eigenvalue weighted by Crippen LogP contribution is 2.42. The van der Waals surface area contributed by atoms with Crippen molar-refractivity contribution < 1.29 is 0 Å². The maximum atomic E-state index is 2.28. The molecule has 10 heavy (non-hydrogen) atoms. The van der Waals surface area contributed by atoms with Gasteiger partial charge >= 0.3 is 0 Å². The number of allylic oxidation sites excluding steroid dienone is 2. The highest BCUT2D eigenvalue weighted by Gasteiger charge is 2.01. The number of thiol groups is 1. The summed E-state index contributed by atoms with van der Waals surface area (Å²) in [7, 11) is -0.0539. The minimum Gasteiger partial charge on any atom is -0.185 e. The molecular formula is C8H8S2. The first kappa shape index (κ1) is 6.25. The summed E-state index contributed by atoms with van der Waals surface area (Å²) >= 11 is 1.77. The zero-order chi connectivity index (χ0) is 6.81. The second-order valence-corrected chi connectivity index (χ2v) is 4.78. The average molecular weight is 168 g/mol. The van der Waals surface area contributed by atoms with E-state index in [1.54, 1.807) is 11.3 Å². The van der Waals surface area contributed by atoms with E-state index in [-0.39, 0.29) is 10.9 Å². The van der Waals surface area contributed by atoms with E-state index < -0.39 is 0 Å². The summed E-state index contributed by atoms with van der Waals surface area (Å²) in [6.07, 6.45) is 4.26. The van der Waals surface area contributed by atoms with Crippen LogP contribution in [-0.2, 0) is 0 Å². The maximum Gasteiger partial charge on any atom is 0.00523 e. The van der Waals surface area contributed by atoms with E-state index in [9.17, 15) is 0 Å². The summed E-state index contributed by atoms with van der Waals surface area (Å²) in [6.45, 7) is 0. The van der Waals surface area contributed by atoms with E-state index in [0.29, 0.717) is 0 Å². The van der Waals surface area contributed by atoms with Gasteiger partial charge in [-0.2, -0.15) is 22.2 Å². The molecule has 0 spiro atoms. The predicted molar refractivity (Wildman–Crippen MR) is 49.9 cm³/mol. The Morgan fingerprint density at radius 2 is 2.00 bits per heavy atom. The standard InChI is InChI=1S/C8H8S2/c1-2-6-10(5-1)8-3-4-9-7-8/h1-7,10H. The van der Waals surface area contributed by atoms with Crippen molar-refractivity contribution in [2.75, 3.05) is 0 Å². The van der Waals surface area contributed by atoms with Crippen LogP contribution in [0.2, 0.25) is 0 Å². The Morgan fingerprint density at radius 3 is 2.60 bits per heavy atom. The number of hydrogen-bond donors (Lipinski definition) is 1. The summed E-state index contributed by atoms with van der Waals surface area (Å²) in [5.41, 5.74) is 0. The van der Waals surface area contributed by atoms with Crippen LogP contribution >= 0.6 is 22.2 Å². The van der Waals surface area contributed by atoms with Crippen molar-refractivity contribution in [1.82, 2.24) is 0 Å². The van der Waals surface area contributed by atoms with Gasteiger partial charge in [-0.15, -0.1) is 0 Å². The molecule has 1 aromatic rings. The molecule has 0 bridgehead atoms. The summed E-state index contributed by atoms with van der Waals surface area (Å²) in [5, 5.41) is 8.91. The second-order valence-electron chi connectivity index (χ2n) is 2.07. The smallest absolute Gasteiger partial charge is 0.00523 e. The zero-order valence-electron chi connectivity index (χ0n) is 5.40. The highest BCUT2D eigenvalue weighted by molar-refractivity contribution is 8.22. The average Bonchev–Trinajstić information content (AvgIpc) is 2.59. The zero-order valence-corrected chi connectivity index (χ0v) is 7.11. The van der Waals surface area contributed by atoms with E-state index in [1.807, 2.05) is 0 Å². The van der Waals surface area contributed by atoms with E-state index >= 15 is 0 Å². The third-order valence-electron chi connectivity index (χ3n) is 1.41. The number of hydrogen-bond acceptors (Lipinski definition) is 1. The molecule has 0 unspecified atom stereocenters. The molecule has 2 rings (SSSR count). The van der Waals surface area contributed by atoms with Gasteiger partial charge in [0.2, 0.25) is 0 Å². The van der Waals surface area contributed by atoms with Crippen LogP contribution in [0.3, 0.4) is 0 Å². The molecule has 2 heteroatoms. The SMILES string of the molecule is C1=C[SH](c2ccsc2)C=C1. The van der Waals surface area contributed by atoms with Gasteiger partial charge in [-0.25, -0.2) is 0 Å². The van der Waals surface area contributed by atoms with Gasteiger partial charge in [-0.05, 0) is 22.3 Å². The van der Waals surface area contributed by atoms with Crippen molar-refractivity contribution in [2.45, 2.75) is 4.90 Å². The lowest BCUT2D eigenvalue weighted by atomic mass is 10.6. The predicted octanol–water partition coefficient (Wildman–Crippen LogP) is 3.15. The van der Waals surface area contributed by atoms with Crippen molar-refractivity contribution in [3.05, 3.63) is 39.8 Å². The van der Waals surface area contributed by atoms with E-state index in [1.165, 1.54) is 4.90 Å². The topological polar surface area (TPSA) is 0 Å². The molecule has 52 valence electrons. The lowest BCUT2D eigenvalue weighted by Crippen LogP contribution is -1.63. The van der Waals surface area contributed by atoms with Crippen LogP contribution in [0.15, 0.2) is 44.7 Å². The van der Waals surface area contributed by atoms with Gasteiger partial charge in [0, 0.05) is 10.3 Å². The van der Waals surface area contributed by atoms with Crippen molar-refractivity contribution in [2.24, 2.45) is 0 Å². The van der Waals surface area contributed by atoms with Gasteiger partial charge < -0.3 is 0 Å². The Kier molecular flexibility index (Phi) is 1.65. The first-order valence-corrected chi connectivity index (χ1v) is 5.54. The van der Waals surface area contributed by atoms with E-state index in [4.69, 9.17) is 0 Å². The molecule has 0 atom stereocenters. The largest absolute Gasteiger partial charge is 0.185 e. The van der Waals surface area contributed by atoms with Crippen molar-refractivity contribution in [1.29, 1.82) is 0 Å². The molecule has 0 amide bonds. The Hall–Kier alpha value is -0.470. The van der Waals surface area contributed by atoms with Gasteiger partial charge in [0.05, 0.1) is 0 Å². The Labute approximate surface area is 67.2 Å². The van der Waals surface area contributed by atoms with Crippen molar-refractivity contribution >= 4 is 22.2 Å². The minimum absolute atomic E-state index is 0.0539. The Balaban J connectivity index is 2.29. The molecular weight excluding hydrogens is 160 g/mol. The number of rotatable bonds is 1. The molecule has 0 aliphatic carbocycles. The quantitative estimate of drug-likeness (QED) is 0.612. The van der Waals surface area contributed by atoms with Crippen LogP contribution in [0, 0.1) is 0 Å². The summed E-state index contributed by atoms with van der Waals surface area (Å²) in [6, 6.07) is 2.20. The van der Waals surface area contributed by atoms with Gasteiger partial charge in [-0.1, -0.05) is 12.2 Å². The first-order chi connectivity index (χ1) is 4.97. The third kappa shape index (κ3) is 1.04. The van der Waals surface area contributed by atoms with E-state index in [2.05, 4.69) is 39.8 Å². The third-order valence-corrected chi connectivity index (χ3v) is 4.13. The van der Waals surface area contributed by atoms with Crippen LogP contribution in [0.5, 0.6) is 0 Å². The molecule has 1 aliphatic rings. The molecule has 0 aromatic carbocycles. The van der Waals surface area contributed by atoms with E-state index in [0.717, 1.165) is 0 Å². The lowest BCUT2D eigenvalue weighted by molar-refractivity contribution is 1.60. The summed E-state index contributed by atoms with van der Waals surface area (Å²) in [4.78, 5) is 1.48. The van der Waals surface area contributed by atoms with Gasteiger partial charge in [0.15, 0.2) is 0 Å². The van der Waals surface area contributed by atoms with Crippen LogP contribution in [0.1, 0.15) is 0 Å². The molecule has 1 aromatic heterocycles. The fourth-order valence-corrected chi connectivity index (χ4v) is 3.46. The van der Waals surface area contributed by atoms with Gasteiger partial charge in [0.25, 0.3) is 0 Å². The van der Waals surface area contributed by atoms with Crippen molar-refractivity contribution in [3.8, 4) is 0 Å². The van der Waals surface area contributed by atoms with Crippen LogP contribution in [-0.4, -0.2) is 0 Å². The second kappa shape index (κ2) is 2.64. The molecule has 0 nitrogen and oxygen atoms in total. The fourth-order valence-electron chi connectivity index (χ4n) is 0.911. The molecule has 0 saturated heterocycles. The summed E-state index contributed by atoms with van der Waals surface area (Å²) in [5.74, 6) is 0.